The Morgan fingerprint density at radius 2 is 1.74 bits per heavy atom. The first-order valence-corrected chi connectivity index (χ1v) is 7.70. The van der Waals surface area contributed by atoms with E-state index in [1.165, 1.54) is 18.2 Å². The van der Waals surface area contributed by atoms with Gasteiger partial charge in [-0.15, -0.1) is 0 Å². The molecule has 0 saturated heterocycles. The zero-order chi connectivity index (χ0) is 16.2. The van der Waals surface area contributed by atoms with Crippen molar-refractivity contribution in [3.05, 3.63) is 70.8 Å². The minimum atomic E-state index is -0.339. The van der Waals surface area contributed by atoms with Gasteiger partial charge in [-0.25, -0.2) is 0 Å². The summed E-state index contributed by atoms with van der Waals surface area (Å²) in [6, 6.07) is 15.5. The largest absolute Gasteiger partial charge is 0.469 e. The van der Waals surface area contributed by atoms with Crippen molar-refractivity contribution in [3.63, 3.8) is 0 Å². The van der Waals surface area contributed by atoms with Crippen LogP contribution in [0, 0.1) is 0 Å². The number of methoxy groups -OCH3 is 1. The Labute approximate surface area is 135 Å². The molecule has 1 heterocycles. The average molecular weight is 309 g/mol. The minimum Gasteiger partial charge on any atom is -0.469 e. The number of carbonyl (C=O) groups is 2. The molecule has 0 atom stereocenters. The molecule has 1 aliphatic rings. The van der Waals surface area contributed by atoms with Crippen LogP contribution in [0.25, 0.3) is 0 Å². The lowest BCUT2D eigenvalue weighted by Gasteiger charge is -2.29. The van der Waals surface area contributed by atoms with Crippen LogP contribution < -0.4 is 0 Å². The Kier molecular flexibility index (Phi) is 4.42. The van der Waals surface area contributed by atoms with Crippen LogP contribution >= 0.6 is 0 Å². The van der Waals surface area contributed by atoms with E-state index in [4.69, 9.17) is 4.74 Å². The van der Waals surface area contributed by atoms with E-state index in [1.54, 1.807) is 6.07 Å². The van der Waals surface area contributed by atoms with Crippen LogP contribution in [0.5, 0.6) is 0 Å². The SMILES string of the molecule is COC(=O)Cc1ccccc1C(=O)N1CCc2ccccc2C1. The number of hydrogen-bond acceptors (Lipinski definition) is 3. The van der Waals surface area contributed by atoms with Gasteiger partial charge in [0, 0.05) is 18.7 Å². The standard InChI is InChI=1S/C19H19NO3/c1-23-18(21)12-15-7-4-5-9-17(15)19(22)20-11-10-14-6-2-3-8-16(14)13-20/h2-9H,10-13H2,1H3. The summed E-state index contributed by atoms with van der Waals surface area (Å²) in [7, 11) is 1.36. The average Bonchev–Trinajstić information content (AvgIpc) is 2.61. The lowest BCUT2D eigenvalue weighted by molar-refractivity contribution is -0.139. The van der Waals surface area contributed by atoms with Gasteiger partial charge in [-0.3, -0.25) is 9.59 Å². The molecule has 0 N–H and O–H groups in total. The first-order chi connectivity index (χ1) is 11.2. The molecule has 0 fully saturated rings. The van der Waals surface area contributed by atoms with E-state index in [2.05, 4.69) is 12.1 Å². The fourth-order valence-corrected chi connectivity index (χ4v) is 2.95. The number of ether oxygens (including phenoxy) is 1. The van der Waals surface area contributed by atoms with Crippen LogP contribution in [0.2, 0.25) is 0 Å². The zero-order valence-corrected chi connectivity index (χ0v) is 13.1. The Morgan fingerprint density at radius 3 is 2.52 bits per heavy atom. The summed E-state index contributed by atoms with van der Waals surface area (Å²) in [6.45, 7) is 1.31. The Morgan fingerprint density at radius 1 is 1.04 bits per heavy atom. The summed E-state index contributed by atoms with van der Waals surface area (Å²) in [5.74, 6) is -0.367. The van der Waals surface area contributed by atoms with Crippen molar-refractivity contribution >= 4 is 11.9 Å². The van der Waals surface area contributed by atoms with Crippen molar-refractivity contribution in [2.24, 2.45) is 0 Å². The molecule has 0 aromatic heterocycles. The third-order valence-electron chi connectivity index (χ3n) is 4.23. The minimum absolute atomic E-state index is 0.0287. The number of rotatable bonds is 3. The Hall–Kier alpha value is -2.62. The first kappa shape index (κ1) is 15.3. The normalized spacial score (nSPS) is 13.3. The van der Waals surface area contributed by atoms with Gasteiger partial charge in [0.25, 0.3) is 5.91 Å². The molecular formula is C19H19NO3. The van der Waals surface area contributed by atoms with E-state index in [0.29, 0.717) is 24.2 Å². The van der Waals surface area contributed by atoms with E-state index < -0.39 is 0 Å². The summed E-state index contributed by atoms with van der Waals surface area (Å²) in [6.07, 6.45) is 0.976. The molecule has 118 valence electrons. The van der Waals surface area contributed by atoms with Crippen molar-refractivity contribution < 1.29 is 14.3 Å². The number of nitrogens with zero attached hydrogens (tertiary/aromatic N) is 1. The summed E-state index contributed by atoms with van der Waals surface area (Å²) in [5, 5.41) is 0. The third kappa shape index (κ3) is 3.26. The molecule has 4 heteroatoms. The number of fused-ring (bicyclic) bond motifs is 1. The van der Waals surface area contributed by atoms with Gasteiger partial charge in [-0.05, 0) is 29.2 Å². The predicted molar refractivity (Wildman–Crippen MR) is 87.0 cm³/mol. The van der Waals surface area contributed by atoms with Crippen LogP contribution in [-0.2, 0) is 28.9 Å². The second-order valence-corrected chi connectivity index (χ2v) is 5.66. The van der Waals surface area contributed by atoms with Gasteiger partial charge in [-0.1, -0.05) is 42.5 Å². The fraction of sp³-hybridized carbons (Fsp3) is 0.263. The van der Waals surface area contributed by atoms with Gasteiger partial charge in [0.2, 0.25) is 0 Å². The highest BCUT2D eigenvalue weighted by molar-refractivity contribution is 5.96. The van der Waals surface area contributed by atoms with E-state index in [1.807, 2.05) is 35.2 Å². The van der Waals surface area contributed by atoms with Gasteiger partial charge in [0.1, 0.15) is 0 Å². The van der Waals surface area contributed by atoms with Gasteiger partial charge in [0.15, 0.2) is 0 Å². The molecule has 0 radical (unpaired) electrons. The molecule has 1 aliphatic heterocycles. The number of esters is 1. The molecule has 0 aliphatic carbocycles. The Bertz CT molecular complexity index is 739. The highest BCUT2D eigenvalue weighted by Crippen LogP contribution is 2.21. The van der Waals surface area contributed by atoms with Crippen LogP contribution in [0.3, 0.4) is 0 Å². The summed E-state index contributed by atoms with van der Waals surface area (Å²) >= 11 is 0. The van der Waals surface area contributed by atoms with E-state index in [-0.39, 0.29) is 18.3 Å². The fourth-order valence-electron chi connectivity index (χ4n) is 2.95. The van der Waals surface area contributed by atoms with Gasteiger partial charge in [-0.2, -0.15) is 0 Å². The van der Waals surface area contributed by atoms with Crippen molar-refractivity contribution in [1.29, 1.82) is 0 Å². The molecule has 1 amide bonds. The quantitative estimate of drug-likeness (QED) is 0.819. The molecule has 2 aromatic carbocycles. The predicted octanol–water partition coefficient (Wildman–Crippen LogP) is 2.60. The molecule has 3 rings (SSSR count). The van der Waals surface area contributed by atoms with Gasteiger partial charge < -0.3 is 9.64 Å². The smallest absolute Gasteiger partial charge is 0.310 e. The van der Waals surface area contributed by atoms with E-state index in [9.17, 15) is 9.59 Å². The van der Waals surface area contributed by atoms with Crippen molar-refractivity contribution in [2.45, 2.75) is 19.4 Å². The van der Waals surface area contributed by atoms with Crippen LogP contribution in [0.15, 0.2) is 48.5 Å². The van der Waals surface area contributed by atoms with Crippen molar-refractivity contribution in [1.82, 2.24) is 4.90 Å². The van der Waals surface area contributed by atoms with Gasteiger partial charge >= 0.3 is 5.97 Å². The van der Waals surface area contributed by atoms with Crippen LogP contribution in [0.1, 0.15) is 27.0 Å². The topological polar surface area (TPSA) is 46.6 Å². The second-order valence-electron chi connectivity index (χ2n) is 5.66. The Balaban J connectivity index is 1.83. The third-order valence-corrected chi connectivity index (χ3v) is 4.23. The van der Waals surface area contributed by atoms with Crippen molar-refractivity contribution in [2.75, 3.05) is 13.7 Å². The van der Waals surface area contributed by atoms with Crippen molar-refractivity contribution in [3.8, 4) is 0 Å². The monoisotopic (exact) mass is 309 g/mol. The van der Waals surface area contributed by atoms with Gasteiger partial charge in [0.05, 0.1) is 13.5 Å². The molecule has 0 bridgehead atoms. The molecular weight excluding hydrogens is 290 g/mol. The second kappa shape index (κ2) is 6.65. The van der Waals surface area contributed by atoms with Crippen LogP contribution in [-0.4, -0.2) is 30.4 Å². The molecule has 2 aromatic rings. The maximum absolute atomic E-state index is 12.9. The highest BCUT2D eigenvalue weighted by atomic mass is 16.5. The molecule has 4 nitrogen and oxygen atoms in total. The number of hydrogen-bond donors (Lipinski definition) is 0. The molecule has 23 heavy (non-hydrogen) atoms. The maximum atomic E-state index is 12.9. The first-order valence-electron chi connectivity index (χ1n) is 7.70. The lowest BCUT2D eigenvalue weighted by atomic mass is 9.98. The van der Waals surface area contributed by atoms with E-state index >= 15 is 0 Å². The lowest BCUT2D eigenvalue weighted by Crippen LogP contribution is -2.36. The number of benzene rings is 2. The zero-order valence-electron chi connectivity index (χ0n) is 13.1. The summed E-state index contributed by atoms with van der Waals surface area (Å²) < 4.78 is 4.72. The maximum Gasteiger partial charge on any atom is 0.310 e. The molecule has 0 spiro atoms. The molecule has 0 unspecified atom stereocenters. The van der Waals surface area contributed by atoms with E-state index in [0.717, 1.165) is 6.42 Å². The summed E-state index contributed by atoms with van der Waals surface area (Å²) in [5.41, 5.74) is 3.79. The number of amides is 1. The molecule has 0 saturated carbocycles. The number of carbonyl (C=O) groups excluding carboxylic acids is 2. The summed E-state index contributed by atoms with van der Waals surface area (Å²) in [4.78, 5) is 26.3. The highest BCUT2D eigenvalue weighted by Gasteiger charge is 2.23. The van der Waals surface area contributed by atoms with Crippen LogP contribution in [0.4, 0.5) is 0 Å².